The average Bonchev–Trinajstić information content (AvgIpc) is 2.97. The van der Waals surface area contributed by atoms with Gasteiger partial charge in [0, 0.05) is 5.92 Å². The molecule has 0 saturated carbocycles. The summed E-state index contributed by atoms with van der Waals surface area (Å²) in [5, 5.41) is 0. The zero-order valence-electron chi connectivity index (χ0n) is 14.4. The van der Waals surface area contributed by atoms with Crippen molar-refractivity contribution in [1.29, 1.82) is 0 Å². The summed E-state index contributed by atoms with van der Waals surface area (Å²) in [5.74, 6) is -0.442. The Morgan fingerprint density at radius 3 is 2.12 bits per heavy atom. The smallest absolute Gasteiger partial charge is 0.404 e. The van der Waals surface area contributed by atoms with E-state index < -0.39 is 18.1 Å². The van der Waals surface area contributed by atoms with E-state index in [2.05, 4.69) is 29.0 Å². The van der Waals surface area contributed by atoms with Gasteiger partial charge in [-0.1, -0.05) is 48.5 Å². The molecule has 26 heavy (non-hydrogen) atoms. The van der Waals surface area contributed by atoms with E-state index in [1.165, 1.54) is 11.1 Å². The minimum absolute atomic E-state index is 0.0109. The molecule has 0 spiro atoms. The third-order valence-electron chi connectivity index (χ3n) is 4.56. The molecule has 2 aromatic rings. The van der Waals surface area contributed by atoms with Crippen molar-refractivity contribution < 1.29 is 19.1 Å². The third-order valence-corrected chi connectivity index (χ3v) is 4.56. The highest BCUT2D eigenvalue weighted by Crippen LogP contribution is 2.44. The molecular formula is C20H22N2O4. The zero-order valence-corrected chi connectivity index (χ0v) is 14.4. The highest BCUT2D eigenvalue weighted by atomic mass is 16.5. The van der Waals surface area contributed by atoms with Crippen LogP contribution in [-0.4, -0.2) is 31.3 Å². The van der Waals surface area contributed by atoms with Crippen LogP contribution in [0, 0.1) is 0 Å². The largest absolute Gasteiger partial charge is 0.464 e. The van der Waals surface area contributed by atoms with Gasteiger partial charge in [0.05, 0.1) is 6.61 Å². The van der Waals surface area contributed by atoms with E-state index in [0.29, 0.717) is 12.8 Å². The first kappa shape index (κ1) is 17.9. The average molecular weight is 354 g/mol. The summed E-state index contributed by atoms with van der Waals surface area (Å²) in [7, 11) is 0. The Kier molecular flexibility index (Phi) is 5.53. The Morgan fingerprint density at radius 2 is 1.54 bits per heavy atom. The van der Waals surface area contributed by atoms with E-state index in [-0.39, 0.29) is 19.1 Å². The van der Waals surface area contributed by atoms with Crippen LogP contribution in [-0.2, 0) is 14.3 Å². The van der Waals surface area contributed by atoms with Crippen LogP contribution in [0.3, 0.4) is 0 Å². The second-order valence-corrected chi connectivity index (χ2v) is 6.27. The quantitative estimate of drug-likeness (QED) is 0.587. The molecule has 3 rings (SSSR count). The van der Waals surface area contributed by atoms with Crippen LogP contribution in [0.2, 0.25) is 0 Å². The van der Waals surface area contributed by atoms with Crippen molar-refractivity contribution in [2.24, 2.45) is 11.5 Å². The number of amides is 1. The molecular weight excluding hydrogens is 332 g/mol. The second-order valence-electron chi connectivity index (χ2n) is 6.27. The van der Waals surface area contributed by atoms with Gasteiger partial charge in [-0.3, -0.25) is 4.79 Å². The standard InChI is InChI=1S/C20H22N2O4/c21-18(10-5-11-25-20(22)24)19(23)26-12-17-15-8-3-1-6-13(15)14-7-2-4-9-16(14)17/h1-4,6-9,17-18H,5,10-12,21H2,(H2,22,24). The summed E-state index contributed by atoms with van der Waals surface area (Å²) >= 11 is 0. The first-order valence-corrected chi connectivity index (χ1v) is 8.60. The summed E-state index contributed by atoms with van der Waals surface area (Å²) in [6, 6.07) is 15.5. The lowest BCUT2D eigenvalue weighted by Gasteiger charge is -2.16. The SMILES string of the molecule is NC(=O)OCCCC(N)C(=O)OCC1c2ccccc2-c2ccccc21. The Labute approximate surface area is 152 Å². The highest BCUT2D eigenvalue weighted by molar-refractivity contribution is 5.79. The third kappa shape index (κ3) is 3.86. The van der Waals surface area contributed by atoms with Crippen molar-refractivity contribution in [1.82, 2.24) is 0 Å². The fraction of sp³-hybridized carbons (Fsp3) is 0.300. The molecule has 0 aliphatic heterocycles. The summed E-state index contributed by atoms with van der Waals surface area (Å²) in [4.78, 5) is 22.7. The predicted octanol–water partition coefficient (Wildman–Crippen LogP) is 2.54. The van der Waals surface area contributed by atoms with Crippen LogP contribution in [0.5, 0.6) is 0 Å². The molecule has 1 atom stereocenters. The normalized spacial score (nSPS) is 13.6. The van der Waals surface area contributed by atoms with Crippen LogP contribution in [0.1, 0.15) is 29.9 Å². The van der Waals surface area contributed by atoms with Gasteiger partial charge in [-0.2, -0.15) is 0 Å². The van der Waals surface area contributed by atoms with Crippen LogP contribution < -0.4 is 11.5 Å². The Hall–Kier alpha value is -2.86. The van der Waals surface area contributed by atoms with Gasteiger partial charge < -0.3 is 20.9 Å². The molecule has 0 radical (unpaired) electrons. The molecule has 0 aromatic heterocycles. The maximum absolute atomic E-state index is 12.2. The maximum atomic E-state index is 12.2. The van der Waals surface area contributed by atoms with Crippen LogP contribution >= 0.6 is 0 Å². The van der Waals surface area contributed by atoms with E-state index in [0.717, 1.165) is 11.1 Å². The van der Waals surface area contributed by atoms with Gasteiger partial charge in [-0.15, -0.1) is 0 Å². The molecule has 1 amide bonds. The number of carbonyl (C=O) groups excluding carboxylic acids is 2. The van der Waals surface area contributed by atoms with E-state index >= 15 is 0 Å². The van der Waals surface area contributed by atoms with E-state index in [4.69, 9.17) is 16.2 Å². The Morgan fingerprint density at radius 1 is 0.962 bits per heavy atom. The van der Waals surface area contributed by atoms with Crippen molar-refractivity contribution in [2.75, 3.05) is 13.2 Å². The minimum atomic E-state index is -0.834. The number of hydrogen-bond acceptors (Lipinski definition) is 5. The molecule has 6 nitrogen and oxygen atoms in total. The van der Waals surface area contributed by atoms with E-state index in [9.17, 15) is 9.59 Å². The lowest BCUT2D eigenvalue weighted by atomic mass is 9.98. The molecule has 0 bridgehead atoms. The van der Waals surface area contributed by atoms with Crippen LogP contribution in [0.25, 0.3) is 11.1 Å². The lowest BCUT2D eigenvalue weighted by Crippen LogP contribution is -2.33. The lowest BCUT2D eigenvalue weighted by molar-refractivity contribution is -0.145. The van der Waals surface area contributed by atoms with E-state index in [1.807, 2.05) is 24.3 Å². The van der Waals surface area contributed by atoms with Crippen molar-refractivity contribution in [2.45, 2.75) is 24.8 Å². The number of primary amides is 1. The predicted molar refractivity (Wildman–Crippen MR) is 97.4 cm³/mol. The molecule has 0 heterocycles. The molecule has 0 fully saturated rings. The molecule has 1 unspecified atom stereocenters. The number of hydrogen-bond donors (Lipinski definition) is 2. The number of ether oxygens (including phenoxy) is 2. The number of carbonyl (C=O) groups is 2. The number of benzene rings is 2. The van der Waals surface area contributed by atoms with Crippen molar-refractivity contribution in [3.63, 3.8) is 0 Å². The van der Waals surface area contributed by atoms with E-state index in [1.54, 1.807) is 0 Å². The van der Waals surface area contributed by atoms with Gasteiger partial charge in [0.25, 0.3) is 0 Å². The minimum Gasteiger partial charge on any atom is -0.464 e. The highest BCUT2D eigenvalue weighted by Gasteiger charge is 2.29. The van der Waals surface area contributed by atoms with Gasteiger partial charge in [-0.05, 0) is 35.1 Å². The number of nitrogens with two attached hydrogens (primary N) is 2. The van der Waals surface area contributed by atoms with Gasteiger partial charge in [0.2, 0.25) is 0 Å². The monoisotopic (exact) mass is 354 g/mol. The molecule has 1 aliphatic rings. The zero-order chi connectivity index (χ0) is 18.5. The van der Waals surface area contributed by atoms with Crippen molar-refractivity contribution >= 4 is 12.1 Å². The van der Waals surface area contributed by atoms with Crippen LogP contribution in [0.4, 0.5) is 4.79 Å². The molecule has 136 valence electrons. The van der Waals surface area contributed by atoms with Crippen molar-refractivity contribution in [3.8, 4) is 11.1 Å². The number of esters is 1. The number of rotatable bonds is 7. The summed E-state index contributed by atoms with van der Waals surface area (Å²) < 4.78 is 10.1. The Balaban J connectivity index is 1.59. The molecule has 0 saturated heterocycles. The fourth-order valence-electron chi connectivity index (χ4n) is 3.31. The molecule has 1 aliphatic carbocycles. The maximum Gasteiger partial charge on any atom is 0.404 e. The molecule has 6 heteroatoms. The number of fused-ring (bicyclic) bond motifs is 3. The molecule has 4 N–H and O–H groups in total. The second kappa shape index (κ2) is 8.01. The fourth-order valence-corrected chi connectivity index (χ4v) is 3.31. The first-order chi connectivity index (χ1) is 12.6. The van der Waals surface area contributed by atoms with Crippen LogP contribution in [0.15, 0.2) is 48.5 Å². The Bertz CT molecular complexity index is 760. The summed E-state index contributed by atoms with van der Waals surface area (Å²) in [5.41, 5.74) is 15.4. The summed E-state index contributed by atoms with van der Waals surface area (Å²) in [6.45, 7) is 0.387. The topological polar surface area (TPSA) is 105 Å². The van der Waals surface area contributed by atoms with Gasteiger partial charge >= 0.3 is 12.1 Å². The molecule has 2 aromatic carbocycles. The van der Waals surface area contributed by atoms with Gasteiger partial charge in [-0.25, -0.2) is 4.79 Å². The van der Waals surface area contributed by atoms with Gasteiger partial charge in [0.15, 0.2) is 0 Å². The summed E-state index contributed by atoms with van der Waals surface area (Å²) in [6.07, 6.45) is -0.0159. The van der Waals surface area contributed by atoms with Crippen molar-refractivity contribution in [3.05, 3.63) is 59.7 Å². The van der Waals surface area contributed by atoms with Gasteiger partial charge in [0.1, 0.15) is 12.6 Å². The first-order valence-electron chi connectivity index (χ1n) is 8.60.